The number of nitrogens with one attached hydrogen (secondary N) is 2. The molecule has 0 unspecified atom stereocenters. The first kappa shape index (κ1) is 31.7. The van der Waals surface area contributed by atoms with Gasteiger partial charge >= 0.3 is 6.18 Å². The zero-order valence-corrected chi connectivity index (χ0v) is 24.6. The van der Waals surface area contributed by atoms with Crippen molar-refractivity contribution in [2.24, 2.45) is 0 Å². The van der Waals surface area contributed by atoms with Crippen molar-refractivity contribution < 1.29 is 39.5 Å². The number of halogens is 4. The Labute approximate surface area is 251 Å². The summed E-state index contributed by atoms with van der Waals surface area (Å²) in [5, 5.41) is 2.87. The van der Waals surface area contributed by atoms with Crippen LogP contribution in [-0.4, -0.2) is 36.4 Å². The minimum absolute atomic E-state index is 0.0983. The molecule has 0 spiro atoms. The van der Waals surface area contributed by atoms with Crippen LogP contribution in [-0.2, 0) is 31.0 Å². The molecule has 0 aliphatic rings. The van der Waals surface area contributed by atoms with Crippen LogP contribution in [0.1, 0.15) is 5.56 Å². The van der Waals surface area contributed by atoms with Gasteiger partial charge in [0.2, 0.25) is 5.91 Å². The second kappa shape index (κ2) is 12.5. The third-order valence-electron chi connectivity index (χ3n) is 5.94. The van der Waals surface area contributed by atoms with E-state index in [1.54, 1.807) is 0 Å². The lowest BCUT2D eigenvalue weighted by Crippen LogP contribution is -2.38. The van der Waals surface area contributed by atoms with E-state index in [1.165, 1.54) is 73.8 Å². The van der Waals surface area contributed by atoms with Gasteiger partial charge in [-0.3, -0.25) is 13.8 Å². The molecule has 0 heterocycles. The van der Waals surface area contributed by atoms with Crippen LogP contribution in [0.3, 0.4) is 0 Å². The summed E-state index contributed by atoms with van der Waals surface area (Å²) in [6.07, 6.45) is -4.65. The van der Waals surface area contributed by atoms with E-state index in [9.17, 15) is 34.8 Å². The summed E-state index contributed by atoms with van der Waals surface area (Å²) in [6, 6.07) is 19.9. The number of hydrogen-bond donors (Lipinski definition) is 2. The first-order valence-corrected chi connectivity index (χ1v) is 15.5. The van der Waals surface area contributed by atoms with Gasteiger partial charge in [0.25, 0.3) is 20.0 Å². The van der Waals surface area contributed by atoms with Gasteiger partial charge in [0, 0.05) is 16.4 Å². The SMILES string of the molecule is COc1ccc(S(=O)(=O)N(CC(=O)Nc2ccc(S(=O)(=O)Nc3cccc(C(F)(F)F)c3)cc2)c2ccc(Cl)cc2)cc1. The summed E-state index contributed by atoms with van der Waals surface area (Å²) < 4.78 is 99.5. The first-order chi connectivity index (χ1) is 20.2. The Morgan fingerprint density at radius 3 is 2.02 bits per heavy atom. The van der Waals surface area contributed by atoms with Crippen LogP contribution in [0.15, 0.2) is 107 Å². The summed E-state index contributed by atoms with van der Waals surface area (Å²) in [4.78, 5) is 12.6. The Hall–Kier alpha value is -4.27. The molecule has 0 fully saturated rings. The van der Waals surface area contributed by atoms with Crippen LogP contribution in [0, 0.1) is 0 Å². The van der Waals surface area contributed by atoms with E-state index in [0.29, 0.717) is 16.8 Å². The number of alkyl halides is 3. The smallest absolute Gasteiger partial charge is 0.416 e. The van der Waals surface area contributed by atoms with E-state index in [4.69, 9.17) is 16.3 Å². The summed E-state index contributed by atoms with van der Waals surface area (Å²) in [5.74, 6) is -0.310. The molecule has 4 aromatic rings. The van der Waals surface area contributed by atoms with Gasteiger partial charge in [0.15, 0.2) is 0 Å². The van der Waals surface area contributed by atoms with Crippen molar-refractivity contribution in [3.8, 4) is 5.75 Å². The average molecular weight is 654 g/mol. The number of anilines is 3. The van der Waals surface area contributed by atoms with E-state index < -0.39 is 44.2 Å². The molecule has 2 N–H and O–H groups in total. The van der Waals surface area contributed by atoms with Gasteiger partial charge in [0.05, 0.1) is 28.2 Å². The molecular weight excluding hydrogens is 631 g/mol. The summed E-state index contributed by atoms with van der Waals surface area (Å²) >= 11 is 5.96. The quantitative estimate of drug-likeness (QED) is 0.217. The zero-order valence-electron chi connectivity index (χ0n) is 22.2. The molecule has 0 bridgehead atoms. The summed E-state index contributed by atoms with van der Waals surface area (Å²) in [5.41, 5.74) is -1.00. The Morgan fingerprint density at radius 2 is 1.44 bits per heavy atom. The summed E-state index contributed by atoms with van der Waals surface area (Å²) in [7, 11) is -7.07. The molecule has 0 aliphatic carbocycles. The van der Waals surface area contributed by atoms with Gasteiger partial charge in [-0.05, 0) is 91.0 Å². The summed E-state index contributed by atoms with van der Waals surface area (Å²) in [6.45, 7) is -0.646. The molecule has 4 aromatic carbocycles. The molecule has 0 atom stereocenters. The highest BCUT2D eigenvalue weighted by Crippen LogP contribution is 2.31. The molecule has 9 nitrogen and oxygen atoms in total. The van der Waals surface area contributed by atoms with E-state index >= 15 is 0 Å². The lowest BCUT2D eigenvalue weighted by Gasteiger charge is -2.24. The second-order valence-corrected chi connectivity index (χ2v) is 12.9. The number of rotatable bonds is 10. The molecule has 226 valence electrons. The number of sulfonamides is 2. The van der Waals surface area contributed by atoms with Gasteiger partial charge in [-0.25, -0.2) is 16.8 Å². The molecule has 43 heavy (non-hydrogen) atoms. The van der Waals surface area contributed by atoms with E-state index in [1.807, 2.05) is 0 Å². The van der Waals surface area contributed by atoms with Crippen molar-refractivity contribution in [3.05, 3.63) is 108 Å². The molecule has 1 amide bonds. The maximum atomic E-state index is 13.5. The van der Waals surface area contributed by atoms with Crippen LogP contribution >= 0.6 is 11.6 Å². The third kappa shape index (κ3) is 7.77. The van der Waals surface area contributed by atoms with Gasteiger partial charge in [-0.15, -0.1) is 0 Å². The Morgan fingerprint density at radius 1 is 0.837 bits per heavy atom. The van der Waals surface area contributed by atoms with Gasteiger partial charge in [-0.2, -0.15) is 13.2 Å². The van der Waals surface area contributed by atoms with Gasteiger partial charge in [-0.1, -0.05) is 17.7 Å². The third-order valence-corrected chi connectivity index (χ3v) is 9.38. The van der Waals surface area contributed by atoms with Crippen molar-refractivity contribution in [3.63, 3.8) is 0 Å². The number of benzene rings is 4. The Kier molecular flexibility index (Phi) is 9.23. The van der Waals surface area contributed by atoms with Crippen LogP contribution in [0.5, 0.6) is 5.75 Å². The molecule has 0 radical (unpaired) electrons. The predicted octanol–water partition coefficient (Wildman–Crippen LogP) is 6.00. The van der Waals surface area contributed by atoms with Crippen molar-refractivity contribution >= 4 is 54.6 Å². The van der Waals surface area contributed by atoms with E-state index in [0.717, 1.165) is 28.6 Å². The largest absolute Gasteiger partial charge is 0.497 e. The van der Waals surface area contributed by atoms with E-state index in [-0.39, 0.29) is 26.9 Å². The zero-order chi connectivity index (χ0) is 31.4. The standard InChI is InChI=1S/C28H23ClF3N3O6S2/c1-41-24-11-15-26(16-12-24)43(39,40)35(23-9-5-20(29)6-10-23)18-27(36)33-21-7-13-25(14-8-21)42(37,38)34-22-4-2-3-19(17-22)28(30,31)32/h2-17,34H,18H2,1H3,(H,33,36). The minimum atomic E-state index is -4.65. The highest BCUT2D eigenvalue weighted by atomic mass is 35.5. The Bertz CT molecular complexity index is 1820. The molecule has 0 saturated heterocycles. The fourth-order valence-corrected chi connectivity index (χ4v) is 6.42. The number of nitrogens with zero attached hydrogens (tertiary/aromatic N) is 1. The minimum Gasteiger partial charge on any atom is -0.497 e. The molecule has 15 heteroatoms. The van der Waals surface area contributed by atoms with E-state index in [2.05, 4.69) is 10.0 Å². The highest BCUT2D eigenvalue weighted by Gasteiger charge is 2.31. The fourth-order valence-electron chi connectivity index (χ4n) is 3.82. The number of hydrogen-bond acceptors (Lipinski definition) is 6. The number of amides is 1. The number of ether oxygens (including phenoxy) is 1. The Balaban J connectivity index is 1.52. The van der Waals surface area contributed by atoms with Crippen LogP contribution in [0.25, 0.3) is 0 Å². The number of methoxy groups -OCH3 is 1. The van der Waals surface area contributed by atoms with Crippen molar-refractivity contribution in [2.45, 2.75) is 16.0 Å². The second-order valence-electron chi connectivity index (χ2n) is 8.92. The van der Waals surface area contributed by atoms with Crippen molar-refractivity contribution in [1.29, 1.82) is 0 Å². The topological polar surface area (TPSA) is 122 Å². The average Bonchev–Trinajstić information content (AvgIpc) is 2.96. The number of carbonyl (C=O) groups excluding carboxylic acids is 1. The van der Waals surface area contributed by atoms with Crippen LogP contribution in [0.4, 0.5) is 30.2 Å². The maximum absolute atomic E-state index is 13.5. The molecular formula is C28H23ClF3N3O6S2. The van der Waals surface area contributed by atoms with Crippen molar-refractivity contribution in [1.82, 2.24) is 0 Å². The molecule has 0 aliphatic heterocycles. The van der Waals surface area contributed by atoms with Gasteiger partial charge < -0.3 is 10.1 Å². The first-order valence-electron chi connectivity index (χ1n) is 12.2. The van der Waals surface area contributed by atoms with Crippen LogP contribution < -0.4 is 19.1 Å². The predicted molar refractivity (Wildman–Crippen MR) is 156 cm³/mol. The normalized spacial score (nSPS) is 11.9. The molecule has 4 rings (SSSR count). The fraction of sp³-hybridized carbons (Fsp3) is 0.107. The maximum Gasteiger partial charge on any atom is 0.416 e. The molecule has 0 saturated carbocycles. The lowest BCUT2D eigenvalue weighted by atomic mass is 10.2. The van der Waals surface area contributed by atoms with Crippen molar-refractivity contribution in [2.75, 3.05) is 28.0 Å². The molecule has 0 aromatic heterocycles. The van der Waals surface area contributed by atoms with Gasteiger partial charge in [0.1, 0.15) is 12.3 Å². The van der Waals surface area contributed by atoms with Crippen LogP contribution in [0.2, 0.25) is 5.02 Å². The monoisotopic (exact) mass is 653 g/mol. The lowest BCUT2D eigenvalue weighted by molar-refractivity contribution is -0.137. The highest BCUT2D eigenvalue weighted by molar-refractivity contribution is 7.93. The number of carbonyl (C=O) groups is 1.